The molecule has 1 aromatic heterocycles. The average molecular weight is 544 g/mol. The summed E-state index contributed by atoms with van der Waals surface area (Å²) < 4.78 is 30.2. The number of hydrogen-bond donors (Lipinski definition) is 1. The van der Waals surface area contributed by atoms with Gasteiger partial charge in [0.1, 0.15) is 0 Å². The van der Waals surface area contributed by atoms with Crippen molar-refractivity contribution < 1.29 is 13.3 Å². The molecule has 1 unspecified atom stereocenters. The van der Waals surface area contributed by atoms with E-state index in [1.54, 1.807) is 23.6 Å². The Morgan fingerprint density at radius 2 is 1.78 bits per heavy atom. The monoisotopic (exact) mass is 543 g/mol. The standard InChI is InChI=1S/C24H22ClN5O4S2/c1-16-4-3-5-18(14-16)15-35-24-27-26-23(29(24)20-8-10-21(11-9-20)30(31)32)17(2)28-36(33,34)22-12-6-19(25)7-13-22/h3-14,17,28H,15H2,1-2H3. The Morgan fingerprint density at radius 3 is 2.42 bits per heavy atom. The zero-order valence-corrected chi connectivity index (χ0v) is 21.7. The Hall–Kier alpha value is -3.25. The van der Waals surface area contributed by atoms with Crippen LogP contribution in [-0.4, -0.2) is 28.1 Å². The molecule has 0 fully saturated rings. The minimum absolute atomic E-state index is 0.0566. The Kier molecular flexibility index (Phi) is 7.74. The van der Waals surface area contributed by atoms with Crippen LogP contribution in [0.1, 0.15) is 29.9 Å². The normalized spacial score (nSPS) is 12.4. The number of non-ortho nitro benzene ring substituents is 1. The number of thioether (sulfide) groups is 1. The number of nitrogens with one attached hydrogen (secondary N) is 1. The Labute approximate surface area is 217 Å². The van der Waals surface area contributed by atoms with Crippen molar-refractivity contribution in [2.75, 3.05) is 0 Å². The van der Waals surface area contributed by atoms with Crippen LogP contribution in [0, 0.1) is 17.0 Å². The molecule has 0 bridgehead atoms. The van der Waals surface area contributed by atoms with E-state index in [-0.39, 0.29) is 10.6 Å². The van der Waals surface area contributed by atoms with Crippen molar-refractivity contribution in [1.82, 2.24) is 19.5 Å². The fourth-order valence-electron chi connectivity index (χ4n) is 3.54. The van der Waals surface area contributed by atoms with Crippen molar-refractivity contribution in [3.8, 4) is 5.69 Å². The molecule has 12 heteroatoms. The number of sulfonamides is 1. The molecule has 4 rings (SSSR count). The molecule has 1 heterocycles. The van der Waals surface area contributed by atoms with Crippen molar-refractivity contribution in [2.45, 2.75) is 35.7 Å². The highest BCUT2D eigenvalue weighted by atomic mass is 35.5. The second-order valence-corrected chi connectivity index (χ2v) is 11.1. The van der Waals surface area contributed by atoms with Gasteiger partial charge >= 0.3 is 0 Å². The summed E-state index contributed by atoms with van der Waals surface area (Å²) in [5, 5.41) is 20.7. The van der Waals surface area contributed by atoms with E-state index in [0.29, 0.717) is 27.4 Å². The van der Waals surface area contributed by atoms with Gasteiger partial charge < -0.3 is 0 Å². The quantitative estimate of drug-likeness (QED) is 0.169. The molecule has 3 aromatic carbocycles. The molecular weight excluding hydrogens is 522 g/mol. The van der Waals surface area contributed by atoms with Crippen LogP contribution in [0.4, 0.5) is 5.69 Å². The van der Waals surface area contributed by atoms with Gasteiger partial charge in [0.25, 0.3) is 5.69 Å². The molecule has 1 N–H and O–H groups in total. The largest absolute Gasteiger partial charge is 0.273 e. The molecule has 0 spiro atoms. The highest BCUT2D eigenvalue weighted by molar-refractivity contribution is 7.98. The van der Waals surface area contributed by atoms with Crippen molar-refractivity contribution in [1.29, 1.82) is 0 Å². The first-order chi connectivity index (χ1) is 17.1. The smallest absolute Gasteiger partial charge is 0.269 e. The van der Waals surface area contributed by atoms with E-state index in [4.69, 9.17) is 11.6 Å². The van der Waals surface area contributed by atoms with Gasteiger partial charge in [-0.1, -0.05) is 53.2 Å². The van der Waals surface area contributed by atoms with Crippen molar-refractivity contribution >= 4 is 39.1 Å². The third-order valence-electron chi connectivity index (χ3n) is 5.27. The van der Waals surface area contributed by atoms with Gasteiger partial charge in [-0.15, -0.1) is 10.2 Å². The first kappa shape index (κ1) is 25.8. The predicted molar refractivity (Wildman–Crippen MR) is 139 cm³/mol. The number of hydrogen-bond acceptors (Lipinski definition) is 7. The third kappa shape index (κ3) is 5.93. The molecule has 4 aromatic rings. The van der Waals surface area contributed by atoms with Gasteiger partial charge in [-0.3, -0.25) is 14.7 Å². The molecule has 0 aliphatic carbocycles. The molecular formula is C24H22ClN5O4S2. The van der Waals surface area contributed by atoms with Gasteiger partial charge in [0, 0.05) is 28.6 Å². The first-order valence-corrected chi connectivity index (χ1v) is 13.6. The number of rotatable bonds is 9. The molecule has 36 heavy (non-hydrogen) atoms. The van der Waals surface area contributed by atoms with Crippen LogP contribution in [0.3, 0.4) is 0 Å². The lowest BCUT2D eigenvalue weighted by Gasteiger charge is -2.16. The van der Waals surface area contributed by atoms with Crippen LogP contribution < -0.4 is 4.72 Å². The van der Waals surface area contributed by atoms with E-state index in [9.17, 15) is 18.5 Å². The lowest BCUT2D eigenvalue weighted by atomic mass is 10.2. The van der Waals surface area contributed by atoms with Gasteiger partial charge in [0.2, 0.25) is 10.0 Å². The Balaban J connectivity index is 1.68. The highest BCUT2D eigenvalue weighted by Crippen LogP contribution is 2.29. The van der Waals surface area contributed by atoms with Crippen LogP contribution in [0.5, 0.6) is 0 Å². The lowest BCUT2D eigenvalue weighted by molar-refractivity contribution is -0.384. The fourth-order valence-corrected chi connectivity index (χ4v) is 5.77. The lowest BCUT2D eigenvalue weighted by Crippen LogP contribution is -2.28. The molecule has 1 atom stereocenters. The Morgan fingerprint density at radius 1 is 1.08 bits per heavy atom. The van der Waals surface area contributed by atoms with Crippen molar-refractivity contribution in [2.24, 2.45) is 0 Å². The molecule has 0 saturated carbocycles. The number of nitro benzene ring substituents is 1. The first-order valence-electron chi connectivity index (χ1n) is 10.8. The summed E-state index contributed by atoms with van der Waals surface area (Å²) in [4.78, 5) is 10.7. The molecule has 9 nitrogen and oxygen atoms in total. The van der Waals surface area contributed by atoms with E-state index in [2.05, 4.69) is 21.0 Å². The molecule has 0 aliphatic rings. The van der Waals surface area contributed by atoms with Gasteiger partial charge in [-0.25, -0.2) is 13.1 Å². The summed E-state index contributed by atoms with van der Waals surface area (Å²) in [5.74, 6) is 0.950. The summed E-state index contributed by atoms with van der Waals surface area (Å²) in [6, 6.07) is 19.1. The number of benzene rings is 3. The van der Waals surface area contributed by atoms with Crippen LogP contribution in [0.2, 0.25) is 5.02 Å². The van der Waals surface area contributed by atoms with Gasteiger partial charge in [-0.05, 0) is 55.8 Å². The number of halogens is 1. The number of nitrogens with zero attached hydrogens (tertiary/aromatic N) is 4. The fraction of sp³-hybridized carbons (Fsp3) is 0.167. The summed E-state index contributed by atoms with van der Waals surface area (Å²) in [7, 11) is -3.88. The second kappa shape index (κ2) is 10.8. The second-order valence-electron chi connectivity index (χ2n) is 8.02. The maximum atomic E-state index is 13.0. The van der Waals surface area contributed by atoms with Crippen LogP contribution in [-0.2, 0) is 15.8 Å². The van der Waals surface area contributed by atoms with Gasteiger partial charge in [0.15, 0.2) is 11.0 Å². The maximum Gasteiger partial charge on any atom is 0.269 e. The number of aromatic nitrogens is 3. The van der Waals surface area contributed by atoms with Crippen LogP contribution in [0.25, 0.3) is 5.69 Å². The van der Waals surface area contributed by atoms with Crippen molar-refractivity contribution in [3.05, 3.63) is 105 Å². The van der Waals surface area contributed by atoms with Crippen LogP contribution >= 0.6 is 23.4 Å². The number of aryl methyl sites for hydroxylation is 1. The molecule has 0 saturated heterocycles. The van der Waals surface area contributed by atoms with Crippen molar-refractivity contribution in [3.63, 3.8) is 0 Å². The summed E-state index contributed by atoms with van der Waals surface area (Å²) in [6.45, 7) is 3.68. The summed E-state index contributed by atoms with van der Waals surface area (Å²) in [5.41, 5.74) is 2.75. The summed E-state index contributed by atoms with van der Waals surface area (Å²) >= 11 is 7.32. The molecule has 0 amide bonds. The van der Waals surface area contributed by atoms with E-state index in [1.807, 2.05) is 25.1 Å². The Bertz CT molecular complexity index is 1490. The minimum Gasteiger partial charge on any atom is -0.273 e. The minimum atomic E-state index is -3.88. The maximum absolute atomic E-state index is 13.0. The van der Waals surface area contributed by atoms with E-state index in [1.165, 1.54) is 48.2 Å². The zero-order chi connectivity index (χ0) is 25.9. The van der Waals surface area contributed by atoms with E-state index >= 15 is 0 Å². The highest BCUT2D eigenvalue weighted by Gasteiger charge is 2.25. The van der Waals surface area contributed by atoms with Gasteiger partial charge in [-0.2, -0.15) is 0 Å². The number of nitro groups is 1. The van der Waals surface area contributed by atoms with E-state index in [0.717, 1.165) is 11.1 Å². The molecule has 0 radical (unpaired) electrons. The molecule has 0 aliphatic heterocycles. The third-order valence-corrected chi connectivity index (χ3v) is 8.08. The molecule has 186 valence electrons. The zero-order valence-electron chi connectivity index (χ0n) is 19.3. The topological polar surface area (TPSA) is 120 Å². The predicted octanol–water partition coefficient (Wildman–Crippen LogP) is 5.47. The SMILES string of the molecule is Cc1cccc(CSc2nnc(C(C)NS(=O)(=O)c3ccc(Cl)cc3)n2-c2ccc([N+](=O)[O-])cc2)c1. The van der Waals surface area contributed by atoms with E-state index < -0.39 is 21.0 Å². The average Bonchev–Trinajstić information content (AvgIpc) is 3.27. The van der Waals surface area contributed by atoms with Crippen LogP contribution in [0.15, 0.2) is 82.8 Å². The van der Waals surface area contributed by atoms with Gasteiger partial charge in [0.05, 0.1) is 15.9 Å². The summed E-state index contributed by atoms with van der Waals surface area (Å²) in [6.07, 6.45) is 0.